The molecule has 0 unspecified atom stereocenters. The number of anilines is 1. The van der Waals surface area contributed by atoms with Crippen molar-refractivity contribution < 1.29 is 5.11 Å². The maximum Gasteiger partial charge on any atom is 0.151 e. The number of rotatable bonds is 3. The van der Waals surface area contributed by atoms with Crippen LogP contribution in [-0.2, 0) is 0 Å². The second kappa shape index (κ2) is 5.65. The van der Waals surface area contributed by atoms with Crippen molar-refractivity contribution in [2.24, 2.45) is 5.92 Å². The lowest BCUT2D eigenvalue weighted by molar-refractivity contribution is 0.240. The highest BCUT2D eigenvalue weighted by atomic mass is 35.5. The molecule has 2 heterocycles. The minimum absolute atomic E-state index is 0.290. The Kier molecular flexibility index (Phi) is 4.18. The van der Waals surface area contributed by atoms with Crippen LogP contribution in [0.2, 0.25) is 5.02 Å². The van der Waals surface area contributed by atoms with E-state index in [1.54, 1.807) is 6.20 Å². The topological polar surface area (TPSA) is 49.2 Å². The van der Waals surface area contributed by atoms with Gasteiger partial charge in [0.1, 0.15) is 10.8 Å². The lowest BCUT2D eigenvalue weighted by Gasteiger charge is -2.33. The number of hydrogen-bond acceptors (Lipinski definition) is 4. The van der Waals surface area contributed by atoms with Crippen LogP contribution in [0.3, 0.4) is 0 Å². The summed E-state index contributed by atoms with van der Waals surface area (Å²) in [7, 11) is 0. The second-order valence-electron chi connectivity index (χ2n) is 4.53. The normalized spacial score (nSPS) is 17.5. The zero-order valence-corrected chi connectivity index (χ0v) is 10.8. The van der Waals surface area contributed by atoms with Crippen LogP contribution in [0.1, 0.15) is 25.1 Å². The molecule has 0 atom stereocenters. The molecular formula is C12H18ClN3O. The molecule has 0 saturated carbocycles. The molecule has 0 radical (unpaired) electrons. The Morgan fingerprint density at radius 1 is 1.47 bits per heavy atom. The first-order valence-electron chi connectivity index (χ1n) is 6.05. The van der Waals surface area contributed by atoms with Crippen LogP contribution in [0.4, 0.5) is 5.82 Å². The summed E-state index contributed by atoms with van der Waals surface area (Å²) in [6.07, 6.45) is 4.77. The number of aromatic nitrogens is 2. The van der Waals surface area contributed by atoms with Crippen molar-refractivity contribution in [2.45, 2.75) is 26.2 Å². The summed E-state index contributed by atoms with van der Waals surface area (Å²) in [6, 6.07) is 0. The fraction of sp³-hybridized carbons (Fsp3) is 0.667. The molecule has 1 aliphatic heterocycles. The Hall–Kier alpha value is -0.870. The molecule has 1 aliphatic rings. The van der Waals surface area contributed by atoms with Gasteiger partial charge in [0.25, 0.3) is 0 Å². The zero-order chi connectivity index (χ0) is 12.3. The standard InChI is InChI=1S/C12H18ClN3O/c1-9-14-8-11(13)12(15-9)16-5-2-10(3-6-16)4-7-17/h8,10,17H,2-7H2,1H3. The van der Waals surface area contributed by atoms with Gasteiger partial charge in [-0.1, -0.05) is 11.6 Å². The number of piperidine rings is 1. The molecule has 0 spiro atoms. The van der Waals surface area contributed by atoms with E-state index in [4.69, 9.17) is 16.7 Å². The van der Waals surface area contributed by atoms with Gasteiger partial charge in [-0.3, -0.25) is 0 Å². The van der Waals surface area contributed by atoms with Crippen molar-refractivity contribution in [3.63, 3.8) is 0 Å². The predicted octanol–water partition coefficient (Wildman–Crippen LogP) is 2.04. The van der Waals surface area contributed by atoms with E-state index in [9.17, 15) is 0 Å². The van der Waals surface area contributed by atoms with E-state index < -0.39 is 0 Å². The Morgan fingerprint density at radius 3 is 2.82 bits per heavy atom. The van der Waals surface area contributed by atoms with E-state index in [0.29, 0.717) is 10.9 Å². The summed E-state index contributed by atoms with van der Waals surface area (Å²) in [4.78, 5) is 10.7. The molecule has 0 amide bonds. The van der Waals surface area contributed by atoms with Crippen molar-refractivity contribution in [3.8, 4) is 0 Å². The molecule has 94 valence electrons. The van der Waals surface area contributed by atoms with Gasteiger partial charge >= 0.3 is 0 Å². The lowest BCUT2D eigenvalue weighted by Crippen LogP contribution is -2.34. The first kappa shape index (κ1) is 12.6. The maximum absolute atomic E-state index is 8.93. The second-order valence-corrected chi connectivity index (χ2v) is 4.94. The number of nitrogens with zero attached hydrogens (tertiary/aromatic N) is 3. The number of aryl methyl sites for hydroxylation is 1. The van der Waals surface area contributed by atoms with Gasteiger partial charge in [-0.15, -0.1) is 0 Å². The molecule has 0 aromatic carbocycles. The summed E-state index contributed by atoms with van der Waals surface area (Å²) in [6.45, 7) is 4.08. The van der Waals surface area contributed by atoms with E-state index in [-0.39, 0.29) is 6.61 Å². The third-order valence-corrected chi connectivity index (χ3v) is 3.56. The highest BCUT2D eigenvalue weighted by Crippen LogP contribution is 2.28. The fourth-order valence-electron chi connectivity index (χ4n) is 2.28. The van der Waals surface area contributed by atoms with E-state index in [1.807, 2.05) is 6.92 Å². The van der Waals surface area contributed by atoms with Gasteiger partial charge in [-0.2, -0.15) is 0 Å². The molecular weight excluding hydrogens is 238 g/mol. The summed E-state index contributed by atoms with van der Waals surface area (Å²) >= 11 is 6.12. The minimum atomic E-state index is 0.290. The largest absolute Gasteiger partial charge is 0.396 e. The average molecular weight is 256 g/mol. The first-order chi connectivity index (χ1) is 8.20. The van der Waals surface area contributed by atoms with Gasteiger partial charge in [-0.25, -0.2) is 9.97 Å². The van der Waals surface area contributed by atoms with Gasteiger partial charge < -0.3 is 10.0 Å². The van der Waals surface area contributed by atoms with E-state index in [2.05, 4.69) is 14.9 Å². The van der Waals surface area contributed by atoms with Gasteiger partial charge in [0.15, 0.2) is 5.82 Å². The molecule has 4 nitrogen and oxygen atoms in total. The van der Waals surface area contributed by atoms with E-state index in [0.717, 1.165) is 44.0 Å². The van der Waals surface area contributed by atoms with Gasteiger partial charge in [-0.05, 0) is 32.1 Å². The number of aliphatic hydroxyl groups is 1. The number of hydrogen-bond donors (Lipinski definition) is 1. The number of aliphatic hydroxyl groups excluding tert-OH is 1. The Balaban J connectivity index is 2.02. The zero-order valence-electron chi connectivity index (χ0n) is 10.1. The number of halogens is 1. The van der Waals surface area contributed by atoms with Crippen LogP contribution in [0.15, 0.2) is 6.20 Å². The predicted molar refractivity (Wildman–Crippen MR) is 68.4 cm³/mol. The Labute approximate surface area is 107 Å². The SMILES string of the molecule is Cc1ncc(Cl)c(N2CCC(CCO)CC2)n1. The van der Waals surface area contributed by atoms with Crippen LogP contribution in [0, 0.1) is 12.8 Å². The van der Waals surface area contributed by atoms with Crippen LogP contribution in [-0.4, -0.2) is 34.8 Å². The molecule has 2 rings (SSSR count). The third kappa shape index (κ3) is 3.07. The molecule has 1 fully saturated rings. The van der Waals surface area contributed by atoms with Crippen LogP contribution in [0.25, 0.3) is 0 Å². The highest BCUT2D eigenvalue weighted by molar-refractivity contribution is 6.32. The monoisotopic (exact) mass is 255 g/mol. The average Bonchev–Trinajstić information content (AvgIpc) is 2.34. The van der Waals surface area contributed by atoms with Crippen molar-refractivity contribution >= 4 is 17.4 Å². The van der Waals surface area contributed by atoms with Crippen LogP contribution in [0.5, 0.6) is 0 Å². The molecule has 17 heavy (non-hydrogen) atoms. The van der Waals surface area contributed by atoms with Gasteiger partial charge in [0.05, 0.1) is 6.20 Å². The van der Waals surface area contributed by atoms with Crippen molar-refractivity contribution in [3.05, 3.63) is 17.0 Å². The summed E-state index contributed by atoms with van der Waals surface area (Å²) < 4.78 is 0. The minimum Gasteiger partial charge on any atom is -0.396 e. The molecule has 1 aromatic rings. The molecule has 0 bridgehead atoms. The fourth-order valence-corrected chi connectivity index (χ4v) is 2.49. The van der Waals surface area contributed by atoms with Crippen LogP contribution < -0.4 is 4.90 Å². The van der Waals surface area contributed by atoms with Crippen molar-refractivity contribution in [1.82, 2.24) is 9.97 Å². The van der Waals surface area contributed by atoms with E-state index >= 15 is 0 Å². The summed E-state index contributed by atoms with van der Waals surface area (Å²) in [5, 5.41) is 9.55. The highest BCUT2D eigenvalue weighted by Gasteiger charge is 2.21. The first-order valence-corrected chi connectivity index (χ1v) is 6.43. The van der Waals surface area contributed by atoms with Crippen molar-refractivity contribution in [1.29, 1.82) is 0 Å². The summed E-state index contributed by atoms with van der Waals surface area (Å²) in [5.41, 5.74) is 0. The van der Waals surface area contributed by atoms with Crippen LogP contribution >= 0.6 is 11.6 Å². The maximum atomic E-state index is 8.93. The van der Waals surface area contributed by atoms with Crippen molar-refractivity contribution in [2.75, 3.05) is 24.6 Å². The van der Waals surface area contributed by atoms with Gasteiger partial charge in [0, 0.05) is 19.7 Å². The molecule has 1 N–H and O–H groups in total. The molecule has 1 saturated heterocycles. The molecule has 0 aliphatic carbocycles. The smallest absolute Gasteiger partial charge is 0.151 e. The van der Waals surface area contributed by atoms with E-state index in [1.165, 1.54) is 0 Å². The third-order valence-electron chi connectivity index (χ3n) is 3.30. The summed E-state index contributed by atoms with van der Waals surface area (Å²) in [5.74, 6) is 2.24. The van der Waals surface area contributed by atoms with Gasteiger partial charge in [0.2, 0.25) is 0 Å². The Morgan fingerprint density at radius 2 is 2.18 bits per heavy atom. The molecule has 5 heteroatoms. The Bertz CT molecular complexity index is 378. The lowest BCUT2D eigenvalue weighted by atomic mass is 9.94. The quantitative estimate of drug-likeness (QED) is 0.898. The molecule has 1 aromatic heterocycles.